The number of oxime groups is 1. The van der Waals surface area contributed by atoms with E-state index in [0.29, 0.717) is 27.0 Å². The Morgan fingerprint density at radius 1 is 1.25 bits per heavy atom. The molecule has 0 saturated heterocycles. The van der Waals surface area contributed by atoms with E-state index in [-0.39, 0.29) is 0 Å². The number of hydrogen-bond acceptors (Lipinski definition) is 3. The molecule has 0 fully saturated rings. The minimum atomic E-state index is -4.31. The first-order valence-electron chi connectivity index (χ1n) is 4.29. The quantitative estimate of drug-likeness (QED) is 0.463. The third-order valence-electron chi connectivity index (χ3n) is 2.03. The number of rotatable bonds is 1. The summed E-state index contributed by atoms with van der Waals surface area (Å²) in [6, 6.07) is 5.82. The second-order valence-electron chi connectivity index (χ2n) is 3.15. The van der Waals surface area contributed by atoms with Crippen molar-refractivity contribution < 1.29 is 18.4 Å². The van der Waals surface area contributed by atoms with Crippen LogP contribution in [0.5, 0.6) is 0 Å². The summed E-state index contributed by atoms with van der Waals surface area (Å²) in [6.07, 6.45) is -3.14. The molecule has 1 N–H and O–H groups in total. The molecule has 16 heavy (non-hydrogen) atoms. The van der Waals surface area contributed by atoms with E-state index in [1.165, 1.54) is 6.21 Å². The molecule has 0 amide bonds. The molecule has 1 aromatic carbocycles. The van der Waals surface area contributed by atoms with Gasteiger partial charge in [-0.05, 0) is 23.1 Å². The smallest absolute Gasteiger partial charge is 0.411 e. The third-order valence-corrected chi connectivity index (χ3v) is 3.17. The number of alkyl halides is 3. The van der Waals surface area contributed by atoms with Crippen molar-refractivity contribution in [1.29, 1.82) is 0 Å². The van der Waals surface area contributed by atoms with Crippen LogP contribution in [0.25, 0.3) is 10.1 Å². The van der Waals surface area contributed by atoms with Gasteiger partial charge < -0.3 is 5.21 Å². The van der Waals surface area contributed by atoms with Gasteiger partial charge in [-0.1, -0.05) is 17.3 Å². The van der Waals surface area contributed by atoms with Crippen molar-refractivity contribution in [2.75, 3.05) is 0 Å². The van der Waals surface area contributed by atoms with E-state index >= 15 is 0 Å². The van der Waals surface area contributed by atoms with Gasteiger partial charge in [0.25, 0.3) is 0 Å². The van der Waals surface area contributed by atoms with E-state index in [4.69, 9.17) is 5.21 Å². The Kier molecular flexibility index (Phi) is 2.59. The molecule has 0 aliphatic carbocycles. The van der Waals surface area contributed by atoms with Crippen LogP contribution in [-0.2, 0) is 6.18 Å². The molecule has 0 atom stereocenters. The SMILES string of the molecule is O/N=C/c1ccc2cc(C(F)(F)F)sc2c1. The molecule has 0 bridgehead atoms. The number of nitrogens with zero attached hydrogens (tertiary/aromatic N) is 1. The Bertz CT molecular complexity index is 544. The topological polar surface area (TPSA) is 32.6 Å². The van der Waals surface area contributed by atoms with Crippen LogP contribution in [0, 0.1) is 0 Å². The number of halogens is 3. The molecule has 6 heteroatoms. The predicted octanol–water partition coefficient (Wildman–Crippen LogP) is 3.73. The second kappa shape index (κ2) is 3.79. The van der Waals surface area contributed by atoms with Gasteiger partial charge in [0, 0.05) is 4.70 Å². The Hall–Kier alpha value is -1.56. The van der Waals surface area contributed by atoms with Gasteiger partial charge in [-0.2, -0.15) is 13.2 Å². The van der Waals surface area contributed by atoms with E-state index in [1.54, 1.807) is 18.2 Å². The van der Waals surface area contributed by atoms with Crippen LogP contribution in [0.15, 0.2) is 29.4 Å². The fourth-order valence-corrected chi connectivity index (χ4v) is 2.31. The summed E-state index contributed by atoms with van der Waals surface area (Å²) in [5, 5.41) is 11.7. The van der Waals surface area contributed by atoms with Gasteiger partial charge in [-0.3, -0.25) is 0 Å². The molecule has 1 aromatic heterocycles. The maximum Gasteiger partial charge on any atom is 0.425 e. The van der Waals surface area contributed by atoms with E-state index in [2.05, 4.69) is 5.16 Å². The highest BCUT2D eigenvalue weighted by Crippen LogP contribution is 2.38. The van der Waals surface area contributed by atoms with Crippen molar-refractivity contribution in [3.8, 4) is 0 Å². The fraction of sp³-hybridized carbons (Fsp3) is 0.100. The minimum absolute atomic E-state index is 0.518. The van der Waals surface area contributed by atoms with Gasteiger partial charge in [-0.25, -0.2) is 0 Å². The van der Waals surface area contributed by atoms with Gasteiger partial charge >= 0.3 is 6.18 Å². The lowest BCUT2D eigenvalue weighted by molar-refractivity contribution is -0.134. The van der Waals surface area contributed by atoms with Crippen LogP contribution in [-0.4, -0.2) is 11.4 Å². The molecular weight excluding hydrogens is 239 g/mol. The van der Waals surface area contributed by atoms with Crippen molar-refractivity contribution in [3.05, 3.63) is 34.7 Å². The fourth-order valence-electron chi connectivity index (χ4n) is 1.33. The number of hydrogen-bond donors (Lipinski definition) is 1. The Labute approximate surface area is 92.6 Å². The molecule has 2 aromatic rings. The van der Waals surface area contributed by atoms with E-state index in [9.17, 15) is 13.2 Å². The number of benzene rings is 1. The van der Waals surface area contributed by atoms with E-state index in [1.807, 2.05) is 0 Å². The summed E-state index contributed by atoms with van der Waals surface area (Å²) < 4.78 is 37.8. The summed E-state index contributed by atoms with van der Waals surface area (Å²) in [5.74, 6) is 0. The van der Waals surface area contributed by atoms with Crippen molar-refractivity contribution in [3.63, 3.8) is 0 Å². The first-order valence-corrected chi connectivity index (χ1v) is 5.10. The predicted molar refractivity (Wildman–Crippen MR) is 56.2 cm³/mol. The highest BCUT2D eigenvalue weighted by Gasteiger charge is 2.32. The highest BCUT2D eigenvalue weighted by molar-refractivity contribution is 7.19. The Balaban J connectivity index is 2.54. The zero-order chi connectivity index (χ0) is 11.8. The molecule has 0 unspecified atom stereocenters. The molecular formula is C10H6F3NOS. The van der Waals surface area contributed by atoms with Crippen molar-refractivity contribution in [2.45, 2.75) is 6.18 Å². The molecule has 2 nitrogen and oxygen atoms in total. The van der Waals surface area contributed by atoms with Gasteiger partial charge in [-0.15, -0.1) is 11.3 Å². The lowest BCUT2D eigenvalue weighted by atomic mass is 10.2. The van der Waals surface area contributed by atoms with Crippen LogP contribution in [0.1, 0.15) is 10.4 Å². The summed E-state index contributed by atoms with van der Waals surface area (Å²) in [6.45, 7) is 0. The summed E-state index contributed by atoms with van der Waals surface area (Å²) >= 11 is 0.676. The normalized spacial score (nSPS) is 12.7. The maximum absolute atomic E-state index is 12.4. The average molecular weight is 245 g/mol. The van der Waals surface area contributed by atoms with Gasteiger partial charge in [0.2, 0.25) is 0 Å². The van der Waals surface area contributed by atoms with Gasteiger partial charge in [0.05, 0.1) is 6.21 Å². The van der Waals surface area contributed by atoms with Crippen molar-refractivity contribution >= 4 is 27.6 Å². The number of fused-ring (bicyclic) bond motifs is 1. The highest BCUT2D eigenvalue weighted by atomic mass is 32.1. The van der Waals surface area contributed by atoms with Crippen LogP contribution in [0.2, 0.25) is 0 Å². The molecule has 0 spiro atoms. The van der Waals surface area contributed by atoms with Gasteiger partial charge in [0.15, 0.2) is 0 Å². The number of thiophene rings is 1. The Morgan fingerprint density at radius 3 is 2.62 bits per heavy atom. The monoisotopic (exact) mass is 245 g/mol. The lowest BCUT2D eigenvalue weighted by Crippen LogP contribution is -2.00. The Morgan fingerprint density at radius 2 is 2.00 bits per heavy atom. The van der Waals surface area contributed by atoms with Gasteiger partial charge in [0.1, 0.15) is 4.88 Å². The van der Waals surface area contributed by atoms with Crippen molar-refractivity contribution in [1.82, 2.24) is 0 Å². The van der Waals surface area contributed by atoms with Crippen LogP contribution >= 0.6 is 11.3 Å². The first-order chi connectivity index (χ1) is 7.50. The molecule has 0 saturated carbocycles. The standard InChI is InChI=1S/C10H6F3NOS/c11-10(12,13)9-4-7-2-1-6(5-14-15)3-8(7)16-9/h1-5,15H/b14-5+. The summed E-state index contributed by atoms with van der Waals surface area (Å²) in [4.78, 5) is -0.624. The van der Waals surface area contributed by atoms with E-state index < -0.39 is 11.1 Å². The second-order valence-corrected chi connectivity index (χ2v) is 4.23. The van der Waals surface area contributed by atoms with Crippen molar-refractivity contribution in [2.24, 2.45) is 5.16 Å². The summed E-state index contributed by atoms with van der Waals surface area (Å²) in [5.41, 5.74) is 0.561. The molecule has 0 aliphatic heterocycles. The molecule has 84 valence electrons. The first kappa shape index (κ1) is 10.9. The average Bonchev–Trinajstić information content (AvgIpc) is 2.60. The third kappa shape index (κ3) is 2.01. The molecule has 0 aliphatic rings. The molecule has 2 rings (SSSR count). The molecule has 0 radical (unpaired) electrons. The van der Waals surface area contributed by atoms with Crippen LogP contribution in [0.4, 0.5) is 13.2 Å². The lowest BCUT2D eigenvalue weighted by Gasteiger charge is -1.99. The largest absolute Gasteiger partial charge is 0.425 e. The summed E-state index contributed by atoms with van der Waals surface area (Å²) in [7, 11) is 0. The molecule has 1 heterocycles. The zero-order valence-electron chi connectivity index (χ0n) is 7.82. The van der Waals surface area contributed by atoms with E-state index in [0.717, 1.165) is 6.07 Å². The minimum Gasteiger partial charge on any atom is -0.411 e. The van der Waals surface area contributed by atoms with Crippen LogP contribution < -0.4 is 0 Å². The zero-order valence-corrected chi connectivity index (χ0v) is 8.64. The van der Waals surface area contributed by atoms with Crippen LogP contribution in [0.3, 0.4) is 0 Å². The maximum atomic E-state index is 12.4.